The first kappa shape index (κ1) is 13.1. The Labute approximate surface area is 111 Å². The van der Waals surface area contributed by atoms with E-state index in [-0.39, 0.29) is 5.92 Å². The highest BCUT2D eigenvalue weighted by Crippen LogP contribution is 2.21. The molecule has 1 fully saturated rings. The van der Waals surface area contributed by atoms with Crippen LogP contribution in [0.15, 0.2) is 6.07 Å². The second-order valence-corrected chi connectivity index (χ2v) is 4.54. The van der Waals surface area contributed by atoms with Crippen LogP contribution in [0.3, 0.4) is 0 Å². The normalized spacial score (nSPS) is 18.1. The summed E-state index contributed by atoms with van der Waals surface area (Å²) in [6, 6.07) is 3.67. The number of primary amides is 1. The summed E-state index contributed by atoms with van der Waals surface area (Å²) in [4.78, 5) is 21.1. The zero-order valence-electron chi connectivity index (χ0n) is 10.7. The molecule has 7 heteroatoms. The molecule has 1 aromatic heterocycles. The highest BCUT2D eigenvalue weighted by molar-refractivity contribution is 5.64. The van der Waals surface area contributed by atoms with Crippen LogP contribution in [0, 0.1) is 24.2 Å². The molecule has 1 aliphatic rings. The van der Waals surface area contributed by atoms with Crippen LogP contribution in [0.2, 0.25) is 0 Å². The molecule has 1 saturated heterocycles. The van der Waals surface area contributed by atoms with Crippen molar-refractivity contribution in [3.8, 4) is 6.07 Å². The van der Waals surface area contributed by atoms with E-state index in [4.69, 9.17) is 15.7 Å². The number of rotatable bonds is 3. The van der Waals surface area contributed by atoms with Crippen LogP contribution in [-0.4, -0.2) is 35.8 Å². The van der Waals surface area contributed by atoms with Crippen LogP contribution in [0.1, 0.15) is 17.8 Å². The number of aromatic nitrogens is 2. The standard InChI is InChI=1S/C12H15N5O2/c1-8-4-10(5-13)16-12(15-8)17-3-2-9(6-17)7-19-11(14)18/h4,9H,2-3,6-7H2,1H3,(H2,14,18). The number of carbonyl (C=O) groups is 1. The first-order valence-corrected chi connectivity index (χ1v) is 6.01. The molecule has 7 nitrogen and oxygen atoms in total. The number of aryl methyl sites for hydroxylation is 1. The lowest BCUT2D eigenvalue weighted by Gasteiger charge is -2.16. The Hall–Kier alpha value is -2.36. The van der Waals surface area contributed by atoms with Crippen molar-refractivity contribution in [3.05, 3.63) is 17.5 Å². The van der Waals surface area contributed by atoms with Gasteiger partial charge in [-0.25, -0.2) is 14.8 Å². The average Bonchev–Trinajstić information content (AvgIpc) is 2.84. The number of nitrogens with zero attached hydrogens (tertiary/aromatic N) is 4. The predicted octanol–water partition coefficient (Wildman–Crippen LogP) is 0.578. The summed E-state index contributed by atoms with van der Waals surface area (Å²) in [5.74, 6) is 0.778. The van der Waals surface area contributed by atoms with Gasteiger partial charge in [0.05, 0.1) is 6.61 Å². The molecule has 2 heterocycles. The minimum atomic E-state index is -0.753. The minimum absolute atomic E-state index is 0.224. The molecule has 0 aromatic carbocycles. The Bertz CT molecular complexity index is 525. The number of carbonyl (C=O) groups excluding carboxylic acids is 1. The molecule has 1 aromatic rings. The second kappa shape index (κ2) is 5.52. The summed E-state index contributed by atoms with van der Waals surface area (Å²) in [6.07, 6.45) is 0.129. The molecule has 1 atom stereocenters. The lowest BCUT2D eigenvalue weighted by atomic mass is 10.1. The number of amides is 1. The van der Waals surface area contributed by atoms with Gasteiger partial charge in [-0.15, -0.1) is 0 Å². The van der Waals surface area contributed by atoms with E-state index < -0.39 is 6.09 Å². The molecular formula is C12H15N5O2. The summed E-state index contributed by atoms with van der Waals surface area (Å²) in [7, 11) is 0. The van der Waals surface area contributed by atoms with Gasteiger partial charge in [-0.3, -0.25) is 0 Å². The molecule has 0 radical (unpaired) electrons. The smallest absolute Gasteiger partial charge is 0.404 e. The van der Waals surface area contributed by atoms with E-state index in [1.807, 2.05) is 17.9 Å². The Balaban J connectivity index is 2.02. The quantitative estimate of drug-likeness (QED) is 0.853. The maximum absolute atomic E-state index is 10.6. The number of nitrogens with two attached hydrogens (primary N) is 1. The Morgan fingerprint density at radius 1 is 1.68 bits per heavy atom. The van der Waals surface area contributed by atoms with Crippen LogP contribution in [0.25, 0.3) is 0 Å². The Morgan fingerprint density at radius 2 is 2.47 bits per heavy atom. The monoisotopic (exact) mass is 261 g/mol. The lowest BCUT2D eigenvalue weighted by Crippen LogP contribution is -2.25. The zero-order chi connectivity index (χ0) is 13.8. The van der Waals surface area contributed by atoms with E-state index >= 15 is 0 Å². The number of anilines is 1. The van der Waals surface area contributed by atoms with Gasteiger partial charge in [0.1, 0.15) is 11.8 Å². The fourth-order valence-electron chi connectivity index (χ4n) is 2.10. The van der Waals surface area contributed by atoms with E-state index in [1.165, 1.54) is 0 Å². The van der Waals surface area contributed by atoms with Gasteiger partial charge in [-0.1, -0.05) is 0 Å². The van der Waals surface area contributed by atoms with Crippen molar-refractivity contribution >= 4 is 12.0 Å². The third kappa shape index (κ3) is 3.31. The van der Waals surface area contributed by atoms with Crippen molar-refractivity contribution in [2.24, 2.45) is 11.7 Å². The molecule has 100 valence electrons. The van der Waals surface area contributed by atoms with Crippen LogP contribution < -0.4 is 10.6 Å². The van der Waals surface area contributed by atoms with Gasteiger partial charge in [0.25, 0.3) is 0 Å². The first-order valence-electron chi connectivity index (χ1n) is 6.01. The molecule has 1 aliphatic heterocycles. The summed E-state index contributed by atoms with van der Waals surface area (Å²) in [6.45, 7) is 3.61. The summed E-state index contributed by atoms with van der Waals surface area (Å²) in [5, 5.41) is 8.90. The van der Waals surface area contributed by atoms with Gasteiger partial charge >= 0.3 is 6.09 Å². The number of hydrogen-bond acceptors (Lipinski definition) is 6. The summed E-state index contributed by atoms with van der Waals surface area (Å²) in [5.41, 5.74) is 6.06. The van der Waals surface area contributed by atoms with E-state index in [0.717, 1.165) is 18.7 Å². The van der Waals surface area contributed by atoms with Crippen molar-refractivity contribution in [2.45, 2.75) is 13.3 Å². The van der Waals surface area contributed by atoms with Gasteiger partial charge in [0, 0.05) is 24.7 Å². The second-order valence-electron chi connectivity index (χ2n) is 4.54. The Morgan fingerprint density at radius 3 is 3.16 bits per heavy atom. The van der Waals surface area contributed by atoms with Crippen molar-refractivity contribution in [3.63, 3.8) is 0 Å². The zero-order valence-corrected chi connectivity index (χ0v) is 10.7. The molecule has 0 aliphatic carbocycles. The third-order valence-electron chi connectivity index (χ3n) is 2.99. The number of ether oxygens (including phenoxy) is 1. The topological polar surface area (TPSA) is 105 Å². The molecular weight excluding hydrogens is 246 g/mol. The largest absolute Gasteiger partial charge is 0.449 e. The molecule has 2 N–H and O–H groups in total. The van der Waals surface area contributed by atoms with E-state index in [2.05, 4.69) is 9.97 Å². The van der Waals surface area contributed by atoms with E-state index in [9.17, 15) is 4.79 Å². The van der Waals surface area contributed by atoms with Gasteiger partial charge in [-0.05, 0) is 19.4 Å². The molecule has 1 amide bonds. The van der Waals surface area contributed by atoms with Crippen molar-refractivity contribution in [1.82, 2.24) is 9.97 Å². The average molecular weight is 261 g/mol. The highest BCUT2D eigenvalue weighted by atomic mass is 16.5. The van der Waals surface area contributed by atoms with E-state index in [1.54, 1.807) is 6.07 Å². The summed E-state index contributed by atoms with van der Waals surface area (Å²) >= 11 is 0. The SMILES string of the molecule is Cc1cc(C#N)nc(N2CCC(COC(N)=O)C2)n1. The number of hydrogen-bond donors (Lipinski definition) is 1. The molecule has 0 spiro atoms. The molecule has 0 bridgehead atoms. The fourth-order valence-corrected chi connectivity index (χ4v) is 2.10. The van der Waals surface area contributed by atoms with Gasteiger partial charge in [0.2, 0.25) is 5.95 Å². The van der Waals surface area contributed by atoms with Crippen LogP contribution >= 0.6 is 0 Å². The van der Waals surface area contributed by atoms with Gasteiger partial charge in [-0.2, -0.15) is 5.26 Å². The van der Waals surface area contributed by atoms with Crippen LogP contribution in [0.4, 0.5) is 10.7 Å². The third-order valence-corrected chi connectivity index (χ3v) is 2.99. The molecule has 1 unspecified atom stereocenters. The Kier molecular flexibility index (Phi) is 3.80. The first-order chi connectivity index (χ1) is 9.08. The summed E-state index contributed by atoms with van der Waals surface area (Å²) < 4.78 is 4.80. The number of nitriles is 1. The van der Waals surface area contributed by atoms with Crippen molar-refractivity contribution < 1.29 is 9.53 Å². The highest BCUT2D eigenvalue weighted by Gasteiger charge is 2.25. The van der Waals surface area contributed by atoms with Crippen LogP contribution in [0.5, 0.6) is 0 Å². The maximum Gasteiger partial charge on any atom is 0.404 e. The van der Waals surface area contributed by atoms with E-state index in [0.29, 0.717) is 24.8 Å². The molecule has 2 rings (SSSR count). The van der Waals surface area contributed by atoms with Crippen molar-refractivity contribution in [1.29, 1.82) is 5.26 Å². The fraction of sp³-hybridized carbons (Fsp3) is 0.500. The van der Waals surface area contributed by atoms with Gasteiger partial charge in [0.15, 0.2) is 0 Å². The van der Waals surface area contributed by atoms with Crippen LogP contribution in [-0.2, 0) is 4.74 Å². The molecule has 19 heavy (non-hydrogen) atoms. The predicted molar refractivity (Wildman–Crippen MR) is 67.3 cm³/mol. The maximum atomic E-state index is 10.6. The van der Waals surface area contributed by atoms with Crippen molar-refractivity contribution in [2.75, 3.05) is 24.6 Å². The minimum Gasteiger partial charge on any atom is -0.449 e. The van der Waals surface area contributed by atoms with Gasteiger partial charge < -0.3 is 15.4 Å². The lowest BCUT2D eigenvalue weighted by molar-refractivity contribution is 0.140. The molecule has 0 saturated carbocycles.